The molecule has 19 heavy (non-hydrogen) atoms. The van der Waals surface area contributed by atoms with E-state index < -0.39 is 0 Å². The SMILES string of the molecule is CC.CCCCn1cc(CN2C(=O)C=CC2=O)nn1. The fourth-order valence-electron chi connectivity index (χ4n) is 1.59. The Labute approximate surface area is 113 Å². The van der Waals surface area contributed by atoms with Gasteiger partial charge in [0.1, 0.15) is 5.69 Å². The smallest absolute Gasteiger partial charge is 0.253 e. The van der Waals surface area contributed by atoms with Crippen LogP contribution in [0.3, 0.4) is 0 Å². The van der Waals surface area contributed by atoms with Crippen molar-refractivity contribution in [3.63, 3.8) is 0 Å². The number of carbonyl (C=O) groups excluding carboxylic acids is 2. The lowest BCUT2D eigenvalue weighted by Gasteiger charge is -2.10. The molecular formula is C13H20N4O2. The molecule has 0 saturated carbocycles. The summed E-state index contributed by atoms with van der Waals surface area (Å²) in [5.74, 6) is -0.587. The zero-order chi connectivity index (χ0) is 14.3. The van der Waals surface area contributed by atoms with Crippen LogP contribution < -0.4 is 0 Å². The van der Waals surface area contributed by atoms with Gasteiger partial charge >= 0.3 is 0 Å². The van der Waals surface area contributed by atoms with Gasteiger partial charge in [-0.15, -0.1) is 5.10 Å². The summed E-state index contributed by atoms with van der Waals surface area (Å²) in [6.07, 6.45) is 6.43. The second-order valence-electron chi connectivity index (χ2n) is 3.92. The van der Waals surface area contributed by atoms with Crippen molar-refractivity contribution in [2.24, 2.45) is 0 Å². The molecule has 104 valence electrons. The average molecular weight is 264 g/mol. The second-order valence-corrected chi connectivity index (χ2v) is 3.92. The van der Waals surface area contributed by atoms with Crippen LogP contribution in [0.1, 0.15) is 39.3 Å². The maximum absolute atomic E-state index is 11.3. The first kappa shape index (κ1) is 15.1. The molecule has 6 heteroatoms. The third-order valence-electron chi connectivity index (χ3n) is 2.55. The summed E-state index contributed by atoms with van der Waals surface area (Å²) >= 11 is 0. The number of aromatic nitrogens is 3. The van der Waals surface area contributed by atoms with Crippen LogP contribution in [0, 0.1) is 0 Å². The van der Waals surface area contributed by atoms with Crippen LogP contribution in [0.5, 0.6) is 0 Å². The van der Waals surface area contributed by atoms with Crippen molar-refractivity contribution >= 4 is 11.8 Å². The zero-order valence-corrected chi connectivity index (χ0v) is 11.7. The molecule has 0 atom stereocenters. The minimum Gasteiger partial charge on any atom is -0.269 e. The first-order valence-electron chi connectivity index (χ1n) is 6.63. The van der Waals surface area contributed by atoms with Crippen LogP contribution in [0.25, 0.3) is 0 Å². The standard InChI is InChI=1S/C11H14N4O2.C2H6/c1-2-3-6-14-7-9(12-13-14)8-15-10(16)4-5-11(15)17;1-2/h4-5,7H,2-3,6,8H2,1H3;1-2H3. The molecule has 2 heterocycles. The van der Waals surface area contributed by atoms with Gasteiger partial charge in [0.15, 0.2) is 0 Å². The van der Waals surface area contributed by atoms with Gasteiger partial charge in [-0.1, -0.05) is 32.4 Å². The summed E-state index contributed by atoms with van der Waals surface area (Å²) in [5, 5.41) is 7.88. The molecule has 1 aromatic heterocycles. The molecule has 0 aliphatic carbocycles. The average Bonchev–Trinajstić information content (AvgIpc) is 3.01. The first-order chi connectivity index (χ1) is 9.20. The maximum Gasteiger partial charge on any atom is 0.253 e. The number of hydrogen-bond acceptors (Lipinski definition) is 4. The summed E-state index contributed by atoms with van der Waals surface area (Å²) < 4.78 is 1.73. The lowest BCUT2D eigenvalue weighted by Crippen LogP contribution is -2.29. The predicted octanol–water partition coefficient (Wildman–Crippen LogP) is 1.53. The number of aryl methyl sites for hydroxylation is 1. The predicted molar refractivity (Wildman–Crippen MR) is 71.0 cm³/mol. The van der Waals surface area contributed by atoms with E-state index in [2.05, 4.69) is 17.2 Å². The van der Waals surface area contributed by atoms with Gasteiger partial charge in [-0.05, 0) is 6.42 Å². The molecule has 1 aromatic rings. The molecule has 0 fully saturated rings. The van der Waals surface area contributed by atoms with Gasteiger partial charge in [0, 0.05) is 18.7 Å². The molecule has 2 amide bonds. The highest BCUT2D eigenvalue weighted by Gasteiger charge is 2.24. The maximum atomic E-state index is 11.3. The van der Waals surface area contributed by atoms with E-state index in [1.54, 1.807) is 10.9 Å². The Morgan fingerprint density at radius 2 is 1.79 bits per heavy atom. The zero-order valence-electron chi connectivity index (χ0n) is 11.7. The molecule has 2 rings (SSSR count). The molecular weight excluding hydrogens is 244 g/mol. The summed E-state index contributed by atoms with van der Waals surface area (Å²) in [6.45, 7) is 7.10. The number of unbranched alkanes of at least 4 members (excludes halogenated alkanes) is 1. The van der Waals surface area contributed by atoms with Crippen molar-refractivity contribution in [3.05, 3.63) is 24.0 Å². The molecule has 0 unspecified atom stereocenters. The molecule has 0 aromatic carbocycles. The van der Waals surface area contributed by atoms with Gasteiger partial charge in [-0.25, -0.2) is 0 Å². The van der Waals surface area contributed by atoms with Crippen LogP contribution in [0.4, 0.5) is 0 Å². The van der Waals surface area contributed by atoms with Crippen LogP contribution in [-0.2, 0) is 22.7 Å². The van der Waals surface area contributed by atoms with E-state index >= 15 is 0 Å². The van der Waals surface area contributed by atoms with Crippen molar-refractivity contribution < 1.29 is 9.59 Å². The number of hydrogen-bond donors (Lipinski definition) is 0. The van der Waals surface area contributed by atoms with Crippen LogP contribution >= 0.6 is 0 Å². The van der Waals surface area contributed by atoms with Crippen molar-refractivity contribution in [2.75, 3.05) is 0 Å². The summed E-state index contributed by atoms with van der Waals surface area (Å²) in [7, 11) is 0. The number of amides is 2. The molecule has 0 N–H and O–H groups in total. The molecule has 6 nitrogen and oxygen atoms in total. The Kier molecular flexibility index (Phi) is 5.92. The molecule has 0 saturated heterocycles. The molecule has 0 spiro atoms. The van der Waals surface area contributed by atoms with E-state index in [9.17, 15) is 9.59 Å². The quantitative estimate of drug-likeness (QED) is 0.756. The van der Waals surface area contributed by atoms with Crippen LogP contribution in [0.15, 0.2) is 18.3 Å². The van der Waals surface area contributed by atoms with E-state index in [1.165, 1.54) is 12.2 Å². The van der Waals surface area contributed by atoms with Gasteiger partial charge in [-0.3, -0.25) is 19.2 Å². The molecule has 0 radical (unpaired) electrons. The molecule has 1 aliphatic rings. The number of nitrogens with zero attached hydrogens (tertiary/aromatic N) is 4. The van der Waals surface area contributed by atoms with E-state index in [1.807, 2.05) is 13.8 Å². The number of imide groups is 1. The minimum absolute atomic E-state index is 0.191. The molecule has 1 aliphatic heterocycles. The third-order valence-corrected chi connectivity index (χ3v) is 2.55. The van der Waals surface area contributed by atoms with E-state index in [0.717, 1.165) is 24.3 Å². The Balaban J connectivity index is 0.000000861. The number of rotatable bonds is 5. The highest BCUT2D eigenvalue weighted by Crippen LogP contribution is 2.08. The van der Waals surface area contributed by atoms with Gasteiger partial charge in [0.05, 0.1) is 12.7 Å². The lowest BCUT2D eigenvalue weighted by molar-refractivity contribution is -0.137. The number of carbonyl (C=O) groups is 2. The van der Waals surface area contributed by atoms with E-state index in [4.69, 9.17) is 0 Å². The van der Waals surface area contributed by atoms with E-state index in [-0.39, 0.29) is 18.4 Å². The third kappa shape index (κ3) is 4.01. The lowest BCUT2D eigenvalue weighted by atomic mass is 10.3. The van der Waals surface area contributed by atoms with Crippen LogP contribution in [-0.4, -0.2) is 31.7 Å². The van der Waals surface area contributed by atoms with Gasteiger partial charge in [0.2, 0.25) is 0 Å². The first-order valence-corrected chi connectivity index (χ1v) is 6.63. The Morgan fingerprint density at radius 3 is 2.37 bits per heavy atom. The van der Waals surface area contributed by atoms with Gasteiger partial charge < -0.3 is 0 Å². The van der Waals surface area contributed by atoms with Gasteiger partial charge in [0.25, 0.3) is 11.8 Å². The summed E-state index contributed by atoms with van der Waals surface area (Å²) in [6, 6.07) is 0. The highest BCUT2D eigenvalue weighted by atomic mass is 16.2. The summed E-state index contributed by atoms with van der Waals surface area (Å²) in [5.41, 5.74) is 0.631. The highest BCUT2D eigenvalue weighted by molar-refractivity contribution is 6.12. The van der Waals surface area contributed by atoms with Crippen molar-refractivity contribution in [1.29, 1.82) is 0 Å². The van der Waals surface area contributed by atoms with Crippen molar-refractivity contribution in [3.8, 4) is 0 Å². The van der Waals surface area contributed by atoms with Crippen molar-refractivity contribution in [2.45, 2.75) is 46.7 Å². The Morgan fingerprint density at radius 1 is 1.16 bits per heavy atom. The largest absolute Gasteiger partial charge is 0.269 e. The van der Waals surface area contributed by atoms with E-state index in [0.29, 0.717) is 5.69 Å². The summed E-state index contributed by atoms with van der Waals surface area (Å²) in [4.78, 5) is 23.8. The second kappa shape index (κ2) is 7.45. The minimum atomic E-state index is -0.293. The fraction of sp³-hybridized carbons (Fsp3) is 0.538. The van der Waals surface area contributed by atoms with Crippen molar-refractivity contribution in [1.82, 2.24) is 19.9 Å². The monoisotopic (exact) mass is 264 g/mol. The Bertz CT molecular complexity index is 447. The van der Waals surface area contributed by atoms with Gasteiger partial charge in [-0.2, -0.15) is 0 Å². The fourth-order valence-corrected chi connectivity index (χ4v) is 1.59. The molecule has 0 bridgehead atoms. The topological polar surface area (TPSA) is 68.1 Å². The Hall–Kier alpha value is -1.98. The van der Waals surface area contributed by atoms with Crippen LogP contribution in [0.2, 0.25) is 0 Å². The normalized spacial score (nSPS) is 13.7.